The van der Waals surface area contributed by atoms with Crippen molar-refractivity contribution in [2.75, 3.05) is 31.2 Å². The van der Waals surface area contributed by atoms with Crippen molar-refractivity contribution in [1.82, 2.24) is 9.97 Å². The Morgan fingerprint density at radius 2 is 1.66 bits per heavy atom. The Labute approximate surface area is 208 Å². The molecule has 182 valence electrons. The van der Waals surface area contributed by atoms with Gasteiger partial charge in [-0.05, 0) is 103 Å². The van der Waals surface area contributed by atoms with E-state index in [1.165, 1.54) is 38.5 Å². The highest BCUT2D eigenvalue weighted by Gasteiger charge is 2.52. The highest BCUT2D eigenvalue weighted by molar-refractivity contribution is 7.31. The maximum absolute atomic E-state index is 13.3. The first kappa shape index (κ1) is 21.8. The molecule has 3 aromatic rings. The van der Waals surface area contributed by atoms with Crippen molar-refractivity contribution in [3.63, 3.8) is 0 Å². The van der Waals surface area contributed by atoms with Crippen molar-refractivity contribution in [2.45, 2.75) is 43.9 Å². The third kappa shape index (κ3) is 3.67. The number of nitrogens with zero attached hydrogens (tertiary/aromatic N) is 3. The van der Waals surface area contributed by atoms with E-state index in [0.29, 0.717) is 47.8 Å². The molecule has 4 aliphatic carbocycles. The number of aromatic nitrogens is 2. The molecule has 1 atom stereocenters. The second-order valence-electron chi connectivity index (χ2n) is 11.1. The molecule has 0 amide bonds. The summed E-state index contributed by atoms with van der Waals surface area (Å²) in [6.45, 7) is 2.68. The van der Waals surface area contributed by atoms with E-state index in [2.05, 4.69) is 11.1 Å². The quantitative estimate of drug-likeness (QED) is 0.484. The number of phenols is 1. The molecule has 1 saturated heterocycles. The number of aromatic hydroxyl groups is 1. The van der Waals surface area contributed by atoms with Crippen LogP contribution in [-0.2, 0) is 10.2 Å². The summed E-state index contributed by atoms with van der Waals surface area (Å²) in [6.07, 6.45) is 9.45. The summed E-state index contributed by atoms with van der Waals surface area (Å²) >= 11 is 0. The molecular formula is C28H31N3O3S. The molecule has 4 bridgehead atoms. The number of hydrogen-bond donors (Lipinski definition) is 1. The minimum absolute atomic E-state index is 0.114. The molecule has 8 rings (SSSR count). The second kappa shape index (κ2) is 8.29. The van der Waals surface area contributed by atoms with E-state index in [1.807, 2.05) is 35.2 Å². The normalized spacial score (nSPS) is 30.1. The largest absolute Gasteiger partial charge is 0.587 e. The van der Waals surface area contributed by atoms with Gasteiger partial charge in [-0.3, -0.25) is 0 Å². The van der Waals surface area contributed by atoms with Crippen LogP contribution in [0.3, 0.4) is 0 Å². The summed E-state index contributed by atoms with van der Waals surface area (Å²) in [5.41, 5.74) is 3.77. The molecule has 1 N–H and O–H groups in total. The maximum Gasteiger partial charge on any atom is 0.342 e. The zero-order valence-corrected chi connectivity index (χ0v) is 20.7. The van der Waals surface area contributed by atoms with Gasteiger partial charge < -0.3 is 19.3 Å². The Balaban J connectivity index is 1.23. The molecule has 6 nitrogen and oxygen atoms in total. The van der Waals surface area contributed by atoms with Gasteiger partial charge in [-0.1, -0.05) is 6.07 Å². The van der Waals surface area contributed by atoms with Crippen LogP contribution < -0.4 is 4.90 Å². The Morgan fingerprint density at radius 3 is 2.37 bits per heavy atom. The Hall–Kier alpha value is -2.48. The summed E-state index contributed by atoms with van der Waals surface area (Å²) in [6, 6.07) is 11.9. The first-order chi connectivity index (χ1) is 17.1. The molecule has 1 aliphatic heterocycles. The van der Waals surface area contributed by atoms with Gasteiger partial charge in [0, 0.05) is 24.2 Å². The summed E-state index contributed by atoms with van der Waals surface area (Å²) in [5, 5.41) is 11.6. The minimum atomic E-state index is -1.35. The lowest BCUT2D eigenvalue weighted by atomic mass is 9.48. The van der Waals surface area contributed by atoms with Gasteiger partial charge in [0.1, 0.15) is 11.4 Å². The average molecular weight is 490 g/mol. The fraction of sp³-hybridized carbons (Fsp3) is 0.500. The van der Waals surface area contributed by atoms with Crippen molar-refractivity contribution in [3.8, 4) is 27.6 Å². The van der Waals surface area contributed by atoms with Crippen molar-refractivity contribution >= 4 is 15.9 Å². The van der Waals surface area contributed by atoms with Crippen molar-refractivity contribution in [2.24, 2.45) is 17.8 Å². The molecule has 3 heterocycles. The van der Waals surface area contributed by atoms with Crippen LogP contribution in [0.4, 0.5) is 5.13 Å². The van der Waals surface area contributed by atoms with Crippen molar-refractivity contribution < 1.29 is 14.4 Å². The SMILES string of the molecule is [O-][s+]1c(-c2cccc(-c3ccc(O)c(C45CC6CC(CC(C6)C4)C5)c3)n2)cnc1N1CCOCC1. The summed E-state index contributed by atoms with van der Waals surface area (Å²) in [7, 11) is -1.35. The summed E-state index contributed by atoms with van der Waals surface area (Å²) in [5.74, 6) is 2.87. The first-order valence-corrected chi connectivity index (χ1v) is 14.1. The monoisotopic (exact) mass is 489 g/mol. The van der Waals surface area contributed by atoms with Crippen LogP contribution in [0.5, 0.6) is 5.75 Å². The van der Waals surface area contributed by atoms with E-state index in [9.17, 15) is 9.66 Å². The lowest BCUT2D eigenvalue weighted by Crippen LogP contribution is -2.48. The van der Waals surface area contributed by atoms with E-state index < -0.39 is 10.8 Å². The zero-order chi connectivity index (χ0) is 23.6. The average Bonchev–Trinajstić information content (AvgIpc) is 3.25. The fourth-order valence-electron chi connectivity index (χ4n) is 7.72. The molecule has 4 saturated carbocycles. The topological polar surface area (TPSA) is 81.5 Å². The van der Waals surface area contributed by atoms with Gasteiger partial charge in [0.05, 0.1) is 25.1 Å². The van der Waals surface area contributed by atoms with Gasteiger partial charge in [-0.2, -0.15) is 4.98 Å². The third-order valence-corrected chi connectivity index (χ3v) is 10.3. The fourth-order valence-corrected chi connectivity index (χ4v) is 8.93. The van der Waals surface area contributed by atoms with Gasteiger partial charge in [0.25, 0.3) is 0 Å². The van der Waals surface area contributed by atoms with Crippen LogP contribution in [-0.4, -0.2) is 45.9 Å². The number of morpholine rings is 1. The molecular weight excluding hydrogens is 458 g/mol. The number of pyridine rings is 1. The molecule has 2 aromatic heterocycles. The Bertz CT molecular complexity index is 1230. The number of anilines is 1. The molecule has 7 heteroatoms. The zero-order valence-electron chi connectivity index (χ0n) is 19.9. The molecule has 0 radical (unpaired) electrons. The summed E-state index contributed by atoms with van der Waals surface area (Å²) in [4.78, 5) is 12.1. The summed E-state index contributed by atoms with van der Waals surface area (Å²) < 4.78 is 18.7. The molecule has 5 aliphatic rings. The van der Waals surface area contributed by atoms with Gasteiger partial charge in [-0.25, -0.2) is 4.98 Å². The van der Waals surface area contributed by atoms with E-state index in [-0.39, 0.29) is 5.41 Å². The molecule has 1 aromatic carbocycles. The predicted octanol–water partition coefficient (Wildman–Crippen LogP) is 5.55. The number of thiazole rings is 1. The van der Waals surface area contributed by atoms with Crippen LogP contribution in [0.25, 0.3) is 21.8 Å². The molecule has 1 unspecified atom stereocenters. The maximum atomic E-state index is 13.3. The standard InChI is InChI=1S/C28H31N3O3S/c32-25-5-4-21(13-22(25)28-14-18-10-19(15-28)12-20(11-18)16-28)23-2-1-3-24(30-23)26-17-29-27(35(26)33)31-6-8-34-9-7-31/h1-5,13,17-20,32H,6-12,14-16H2. The van der Waals surface area contributed by atoms with Crippen LogP contribution in [0.1, 0.15) is 44.1 Å². The van der Waals surface area contributed by atoms with E-state index in [4.69, 9.17) is 9.72 Å². The number of rotatable bonds is 4. The van der Waals surface area contributed by atoms with Gasteiger partial charge in [-0.15, -0.1) is 0 Å². The van der Waals surface area contributed by atoms with Crippen molar-refractivity contribution in [3.05, 3.63) is 48.2 Å². The highest BCUT2D eigenvalue weighted by atomic mass is 32.2. The lowest BCUT2D eigenvalue weighted by Gasteiger charge is -2.57. The predicted molar refractivity (Wildman–Crippen MR) is 136 cm³/mol. The Kier molecular flexibility index (Phi) is 5.16. The van der Waals surface area contributed by atoms with Gasteiger partial charge in [0.2, 0.25) is 4.88 Å². The molecule has 35 heavy (non-hydrogen) atoms. The number of ether oxygens (including phenoxy) is 1. The van der Waals surface area contributed by atoms with E-state index >= 15 is 0 Å². The first-order valence-electron chi connectivity index (χ1n) is 12.9. The smallest absolute Gasteiger partial charge is 0.342 e. The van der Waals surface area contributed by atoms with E-state index in [1.54, 1.807) is 6.20 Å². The molecule has 5 fully saturated rings. The third-order valence-electron chi connectivity index (χ3n) is 8.84. The van der Waals surface area contributed by atoms with E-state index in [0.717, 1.165) is 34.6 Å². The Morgan fingerprint density at radius 1 is 0.971 bits per heavy atom. The van der Waals surface area contributed by atoms with Crippen LogP contribution in [0.2, 0.25) is 0 Å². The number of phenolic OH excluding ortho intramolecular Hbond substituents is 1. The molecule has 0 spiro atoms. The van der Waals surface area contributed by atoms with Gasteiger partial charge in [0.15, 0.2) is 0 Å². The van der Waals surface area contributed by atoms with Crippen LogP contribution in [0.15, 0.2) is 42.6 Å². The number of hydrogen-bond acceptors (Lipinski definition) is 6. The number of benzene rings is 1. The van der Waals surface area contributed by atoms with Gasteiger partial charge >= 0.3 is 5.13 Å². The van der Waals surface area contributed by atoms with Crippen LogP contribution in [0, 0.1) is 17.8 Å². The van der Waals surface area contributed by atoms with Crippen LogP contribution >= 0.6 is 10.8 Å². The highest BCUT2D eigenvalue weighted by Crippen LogP contribution is 2.62. The van der Waals surface area contributed by atoms with Crippen molar-refractivity contribution in [1.29, 1.82) is 0 Å². The minimum Gasteiger partial charge on any atom is -0.587 e. The lowest BCUT2D eigenvalue weighted by molar-refractivity contribution is -0.00611. The second-order valence-corrected chi connectivity index (χ2v) is 12.5.